The van der Waals surface area contributed by atoms with Crippen molar-refractivity contribution in [3.63, 3.8) is 0 Å². The first-order valence-electron chi connectivity index (χ1n) is 7.33. The van der Waals surface area contributed by atoms with Crippen LogP contribution in [-0.2, 0) is 11.8 Å². The Morgan fingerprint density at radius 2 is 1.38 bits per heavy atom. The molecular formula is C18H24NPS. The lowest BCUT2D eigenvalue weighted by Crippen LogP contribution is -2.33. The molecule has 0 spiro atoms. The van der Waals surface area contributed by atoms with Crippen LogP contribution in [0, 0.1) is 0 Å². The first-order chi connectivity index (χ1) is 9.84. The molecule has 0 amide bonds. The van der Waals surface area contributed by atoms with E-state index in [0.717, 1.165) is 0 Å². The van der Waals surface area contributed by atoms with Gasteiger partial charge in [0.2, 0.25) is 0 Å². The van der Waals surface area contributed by atoms with Gasteiger partial charge in [-0.25, -0.2) is 0 Å². The van der Waals surface area contributed by atoms with E-state index < -0.39 is 6.19 Å². The van der Waals surface area contributed by atoms with E-state index in [1.807, 2.05) is 12.1 Å². The molecule has 0 aromatic heterocycles. The fraction of sp³-hybridized carbons (Fsp3) is 0.333. The predicted octanol–water partition coefficient (Wildman–Crippen LogP) is 4.86. The maximum absolute atomic E-state index is 6.18. The number of hydrogen-bond acceptors (Lipinski definition) is 1. The molecule has 1 nitrogen and oxygen atoms in total. The molecular weight excluding hydrogens is 293 g/mol. The van der Waals surface area contributed by atoms with Crippen molar-refractivity contribution in [1.82, 2.24) is 5.09 Å². The molecule has 0 aliphatic carbocycles. The second kappa shape index (κ2) is 6.44. The third-order valence-corrected chi connectivity index (χ3v) is 10.00. The molecule has 21 heavy (non-hydrogen) atoms. The number of hydrogen-bond donors (Lipinski definition) is 1. The van der Waals surface area contributed by atoms with Gasteiger partial charge in [-0.1, -0.05) is 93.2 Å². The van der Waals surface area contributed by atoms with Gasteiger partial charge >= 0.3 is 0 Å². The summed E-state index contributed by atoms with van der Waals surface area (Å²) in [6.45, 7) is 8.92. The van der Waals surface area contributed by atoms with E-state index in [4.69, 9.17) is 11.8 Å². The van der Waals surface area contributed by atoms with Crippen molar-refractivity contribution in [3.05, 3.63) is 66.2 Å². The van der Waals surface area contributed by atoms with E-state index in [1.54, 1.807) is 0 Å². The highest BCUT2D eigenvalue weighted by Crippen LogP contribution is 2.54. The normalized spacial score (nSPS) is 16.2. The van der Waals surface area contributed by atoms with E-state index >= 15 is 0 Å². The van der Waals surface area contributed by atoms with Crippen molar-refractivity contribution in [2.75, 3.05) is 0 Å². The van der Waals surface area contributed by atoms with Gasteiger partial charge in [-0.05, 0) is 17.8 Å². The summed E-state index contributed by atoms with van der Waals surface area (Å²) in [4.78, 5) is 0. The quantitative estimate of drug-likeness (QED) is 0.809. The zero-order valence-electron chi connectivity index (χ0n) is 13.2. The van der Waals surface area contributed by atoms with Crippen LogP contribution < -0.4 is 10.4 Å². The highest BCUT2D eigenvalue weighted by molar-refractivity contribution is 8.18. The molecule has 1 N–H and O–H groups in total. The summed E-state index contributed by atoms with van der Waals surface area (Å²) in [7, 11) is 0. The minimum Gasteiger partial charge on any atom is -0.278 e. The zero-order valence-corrected chi connectivity index (χ0v) is 14.9. The Kier molecular flexibility index (Phi) is 5.03. The summed E-state index contributed by atoms with van der Waals surface area (Å²) in [5.41, 5.74) is 1.28. The number of rotatable bonds is 4. The molecule has 2 aromatic carbocycles. The highest BCUT2D eigenvalue weighted by atomic mass is 32.4. The summed E-state index contributed by atoms with van der Waals surface area (Å²) < 4.78 is 0. The fourth-order valence-electron chi connectivity index (χ4n) is 2.38. The van der Waals surface area contributed by atoms with Gasteiger partial charge in [-0.2, -0.15) is 0 Å². The maximum atomic E-state index is 6.18. The smallest absolute Gasteiger partial charge is 0.0460 e. The molecule has 0 saturated carbocycles. The van der Waals surface area contributed by atoms with Crippen LogP contribution in [0.15, 0.2) is 60.7 Å². The largest absolute Gasteiger partial charge is 0.278 e. The standard InChI is InChI=1S/C18H24NPS/c1-15(16-11-7-5-8-12-16)19-20(21,18(2,3)4)17-13-9-6-10-14-17/h5-15H,1-4H3,(H,19,21). The van der Waals surface area contributed by atoms with Gasteiger partial charge in [0.25, 0.3) is 0 Å². The third kappa shape index (κ3) is 3.63. The van der Waals surface area contributed by atoms with Crippen molar-refractivity contribution < 1.29 is 0 Å². The van der Waals surface area contributed by atoms with Crippen molar-refractivity contribution in [2.24, 2.45) is 0 Å². The predicted molar refractivity (Wildman–Crippen MR) is 98.1 cm³/mol. The monoisotopic (exact) mass is 317 g/mol. The Labute approximate surface area is 133 Å². The van der Waals surface area contributed by atoms with Crippen LogP contribution in [0.2, 0.25) is 0 Å². The molecule has 0 radical (unpaired) electrons. The van der Waals surface area contributed by atoms with Crippen molar-refractivity contribution in [2.45, 2.75) is 38.9 Å². The van der Waals surface area contributed by atoms with Gasteiger partial charge in [0.15, 0.2) is 0 Å². The van der Waals surface area contributed by atoms with Crippen molar-refractivity contribution in [1.29, 1.82) is 0 Å². The maximum Gasteiger partial charge on any atom is 0.0460 e. The van der Waals surface area contributed by atoms with Crippen LogP contribution in [0.1, 0.15) is 39.3 Å². The lowest BCUT2D eigenvalue weighted by Gasteiger charge is -2.38. The molecule has 0 bridgehead atoms. The van der Waals surface area contributed by atoms with Gasteiger partial charge < -0.3 is 0 Å². The summed E-state index contributed by atoms with van der Waals surface area (Å²) in [5.74, 6) is 0. The van der Waals surface area contributed by atoms with E-state index in [9.17, 15) is 0 Å². The van der Waals surface area contributed by atoms with Crippen LogP contribution in [-0.4, -0.2) is 5.16 Å². The Bertz CT molecular complexity index is 617. The first-order valence-corrected chi connectivity index (χ1v) is 10.1. The molecule has 2 aromatic rings. The number of benzene rings is 2. The average molecular weight is 317 g/mol. The molecule has 0 fully saturated rings. The molecule has 0 saturated heterocycles. The Morgan fingerprint density at radius 1 is 0.905 bits per heavy atom. The van der Waals surface area contributed by atoms with Crippen molar-refractivity contribution >= 4 is 23.3 Å². The van der Waals surface area contributed by atoms with Crippen LogP contribution in [0.5, 0.6) is 0 Å². The molecule has 0 aliphatic rings. The van der Waals surface area contributed by atoms with Crippen LogP contribution in [0.25, 0.3) is 0 Å². The van der Waals surface area contributed by atoms with E-state index in [-0.39, 0.29) is 11.2 Å². The second-order valence-corrected chi connectivity index (χ2v) is 11.4. The fourth-order valence-corrected chi connectivity index (χ4v) is 5.82. The SMILES string of the molecule is CC(NP(=S)(c1ccccc1)C(C)(C)C)c1ccccc1. The first kappa shape index (κ1) is 16.4. The summed E-state index contributed by atoms with van der Waals surface area (Å²) in [6.07, 6.45) is -1.89. The Hall–Kier alpha value is -0.950. The lowest BCUT2D eigenvalue weighted by molar-refractivity contribution is 0.703. The molecule has 0 heterocycles. The summed E-state index contributed by atoms with van der Waals surface area (Å²) >= 11 is 6.18. The molecule has 2 unspecified atom stereocenters. The minimum absolute atomic E-state index is 0.0345. The Balaban J connectivity index is 2.37. The van der Waals surface area contributed by atoms with E-state index in [1.165, 1.54) is 10.9 Å². The van der Waals surface area contributed by atoms with Gasteiger partial charge in [0, 0.05) is 17.4 Å². The zero-order chi connectivity index (χ0) is 15.5. The van der Waals surface area contributed by atoms with Crippen LogP contribution in [0.4, 0.5) is 0 Å². The Morgan fingerprint density at radius 3 is 1.86 bits per heavy atom. The topological polar surface area (TPSA) is 12.0 Å². The van der Waals surface area contributed by atoms with E-state index in [2.05, 4.69) is 81.3 Å². The van der Waals surface area contributed by atoms with Gasteiger partial charge in [-0.15, -0.1) is 0 Å². The van der Waals surface area contributed by atoms with Gasteiger partial charge in [0.05, 0.1) is 0 Å². The molecule has 3 heteroatoms. The average Bonchev–Trinajstić information content (AvgIpc) is 2.47. The number of nitrogens with one attached hydrogen (secondary N) is 1. The molecule has 0 aliphatic heterocycles. The van der Waals surface area contributed by atoms with E-state index in [0.29, 0.717) is 0 Å². The van der Waals surface area contributed by atoms with Crippen molar-refractivity contribution in [3.8, 4) is 0 Å². The third-order valence-electron chi connectivity index (χ3n) is 3.74. The molecule has 112 valence electrons. The van der Waals surface area contributed by atoms with Gasteiger partial charge in [0.1, 0.15) is 0 Å². The highest BCUT2D eigenvalue weighted by Gasteiger charge is 2.34. The van der Waals surface area contributed by atoms with Crippen LogP contribution in [0.3, 0.4) is 0 Å². The lowest BCUT2D eigenvalue weighted by atomic mass is 10.1. The molecule has 2 atom stereocenters. The summed E-state index contributed by atoms with van der Waals surface area (Å²) in [6, 6.07) is 21.3. The summed E-state index contributed by atoms with van der Waals surface area (Å²) in [5, 5.41) is 5.09. The molecule has 2 rings (SSSR count). The van der Waals surface area contributed by atoms with Gasteiger partial charge in [-0.3, -0.25) is 5.09 Å². The van der Waals surface area contributed by atoms with Crippen LogP contribution >= 0.6 is 6.19 Å². The second-order valence-electron chi connectivity index (χ2n) is 6.38. The minimum atomic E-state index is -1.89.